The number of methoxy groups -OCH3 is 1. The summed E-state index contributed by atoms with van der Waals surface area (Å²) >= 11 is 0. The van der Waals surface area contributed by atoms with Crippen LogP contribution in [0.5, 0.6) is 5.75 Å². The first-order valence-electron chi connectivity index (χ1n) is 7.15. The van der Waals surface area contributed by atoms with Crippen LogP contribution in [-0.2, 0) is 10.0 Å². The summed E-state index contributed by atoms with van der Waals surface area (Å²) in [6.07, 6.45) is 0.470. The number of nitro benzene ring substituents is 1. The first kappa shape index (κ1) is 19.3. The van der Waals surface area contributed by atoms with Crippen LogP contribution < -0.4 is 10.5 Å². The molecule has 0 heterocycles. The van der Waals surface area contributed by atoms with Crippen LogP contribution in [0.3, 0.4) is 0 Å². The molecule has 1 aromatic rings. The van der Waals surface area contributed by atoms with Crippen LogP contribution in [-0.4, -0.2) is 44.4 Å². The maximum Gasteiger partial charge on any atom is 0.293 e. The van der Waals surface area contributed by atoms with Crippen molar-refractivity contribution in [2.24, 2.45) is 11.7 Å². The zero-order valence-electron chi connectivity index (χ0n) is 13.7. The number of rotatable bonds is 8. The molecule has 0 saturated carbocycles. The summed E-state index contributed by atoms with van der Waals surface area (Å²) in [7, 11) is -1.24. The van der Waals surface area contributed by atoms with Crippen LogP contribution in [0.4, 0.5) is 5.69 Å². The van der Waals surface area contributed by atoms with Gasteiger partial charge in [-0.3, -0.25) is 10.1 Å². The molecule has 1 rings (SSSR count). The molecule has 23 heavy (non-hydrogen) atoms. The summed E-state index contributed by atoms with van der Waals surface area (Å²) in [4.78, 5) is 10.1. The smallest absolute Gasteiger partial charge is 0.293 e. The number of sulfonamides is 1. The van der Waals surface area contributed by atoms with E-state index in [9.17, 15) is 18.5 Å². The molecule has 0 aliphatic rings. The topological polar surface area (TPSA) is 116 Å². The molecule has 2 N–H and O–H groups in total. The molecule has 0 spiro atoms. The van der Waals surface area contributed by atoms with Gasteiger partial charge in [0.1, 0.15) is 5.75 Å². The van der Waals surface area contributed by atoms with E-state index >= 15 is 0 Å². The van der Waals surface area contributed by atoms with Gasteiger partial charge in [0.2, 0.25) is 10.0 Å². The summed E-state index contributed by atoms with van der Waals surface area (Å²) in [5.41, 5.74) is 5.41. The summed E-state index contributed by atoms with van der Waals surface area (Å²) < 4.78 is 31.2. The Morgan fingerprint density at radius 3 is 2.48 bits per heavy atom. The molecule has 0 aromatic heterocycles. The molecule has 8 nitrogen and oxygen atoms in total. The van der Waals surface area contributed by atoms with Crippen LogP contribution in [0.15, 0.2) is 23.1 Å². The van der Waals surface area contributed by atoms with E-state index in [1.54, 1.807) is 0 Å². The molecule has 1 unspecified atom stereocenters. The van der Waals surface area contributed by atoms with Gasteiger partial charge in [-0.15, -0.1) is 0 Å². The van der Waals surface area contributed by atoms with Crippen molar-refractivity contribution in [1.82, 2.24) is 4.31 Å². The molecule has 0 aliphatic heterocycles. The summed E-state index contributed by atoms with van der Waals surface area (Å²) in [6.45, 7) is 4.09. The first-order chi connectivity index (χ1) is 10.6. The fourth-order valence-electron chi connectivity index (χ4n) is 1.94. The van der Waals surface area contributed by atoms with E-state index in [1.807, 2.05) is 13.8 Å². The minimum absolute atomic E-state index is 0.140. The Hall–Kier alpha value is -1.71. The van der Waals surface area contributed by atoms with Gasteiger partial charge in [-0.05, 0) is 24.5 Å². The maximum absolute atomic E-state index is 12.6. The Labute approximate surface area is 136 Å². The Kier molecular flexibility index (Phi) is 6.48. The van der Waals surface area contributed by atoms with E-state index in [1.165, 1.54) is 26.3 Å². The van der Waals surface area contributed by atoms with Crippen molar-refractivity contribution in [3.8, 4) is 5.75 Å². The lowest BCUT2D eigenvalue weighted by molar-refractivity contribution is -0.387. The Balaban J connectivity index is 3.10. The van der Waals surface area contributed by atoms with E-state index < -0.39 is 20.6 Å². The predicted octanol–water partition coefficient (Wildman–Crippen LogP) is 1.60. The molecule has 1 aromatic carbocycles. The minimum Gasteiger partial charge on any atom is -0.497 e. The maximum atomic E-state index is 12.6. The number of nitro groups is 1. The number of nitrogens with zero attached hydrogens (tertiary/aromatic N) is 2. The standard InChI is InChI=1S/C14H23N3O5S/c1-10(2)12(15)7-8-16(3)23(20,21)14-6-5-11(22-4)9-13(14)17(18)19/h5-6,9-10,12H,7-8,15H2,1-4H3. The molecule has 0 fully saturated rings. The van der Waals surface area contributed by atoms with E-state index in [4.69, 9.17) is 10.5 Å². The van der Waals surface area contributed by atoms with Gasteiger partial charge < -0.3 is 10.5 Å². The monoisotopic (exact) mass is 345 g/mol. The van der Waals surface area contributed by atoms with Crippen molar-refractivity contribution in [3.63, 3.8) is 0 Å². The highest BCUT2D eigenvalue weighted by atomic mass is 32.2. The lowest BCUT2D eigenvalue weighted by Crippen LogP contribution is -2.34. The molecule has 0 amide bonds. The average Bonchev–Trinajstić information content (AvgIpc) is 2.50. The van der Waals surface area contributed by atoms with Crippen molar-refractivity contribution >= 4 is 15.7 Å². The second-order valence-electron chi connectivity index (χ2n) is 5.61. The second-order valence-corrected chi connectivity index (χ2v) is 7.63. The van der Waals surface area contributed by atoms with Gasteiger partial charge in [-0.1, -0.05) is 13.8 Å². The van der Waals surface area contributed by atoms with Gasteiger partial charge >= 0.3 is 0 Å². The normalized spacial score (nSPS) is 13.3. The molecular formula is C14H23N3O5S. The molecule has 0 saturated heterocycles. The van der Waals surface area contributed by atoms with Gasteiger partial charge in [-0.25, -0.2) is 12.7 Å². The van der Waals surface area contributed by atoms with E-state index in [2.05, 4.69) is 0 Å². The third kappa shape index (κ3) is 4.63. The predicted molar refractivity (Wildman–Crippen MR) is 86.9 cm³/mol. The van der Waals surface area contributed by atoms with Crippen LogP contribution in [0.25, 0.3) is 0 Å². The fraction of sp³-hybridized carbons (Fsp3) is 0.571. The zero-order chi connectivity index (χ0) is 17.8. The van der Waals surface area contributed by atoms with Crippen molar-refractivity contribution < 1.29 is 18.1 Å². The van der Waals surface area contributed by atoms with E-state index in [0.717, 1.165) is 10.4 Å². The molecule has 0 radical (unpaired) electrons. The average molecular weight is 345 g/mol. The molecule has 0 aliphatic carbocycles. The lowest BCUT2D eigenvalue weighted by Gasteiger charge is -2.21. The molecule has 0 bridgehead atoms. The van der Waals surface area contributed by atoms with Crippen molar-refractivity contribution in [3.05, 3.63) is 28.3 Å². The first-order valence-corrected chi connectivity index (χ1v) is 8.59. The lowest BCUT2D eigenvalue weighted by atomic mass is 10.0. The van der Waals surface area contributed by atoms with Gasteiger partial charge in [0.25, 0.3) is 5.69 Å². The molecule has 9 heteroatoms. The van der Waals surface area contributed by atoms with Crippen LogP contribution >= 0.6 is 0 Å². The number of nitrogens with two attached hydrogens (primary N) is 1. The Morgan fingerprint density at radius 2 is 2.00 bits per heavy atom. The van der Waals surface area contributed by atoms with Crippen molar-refractivity contribution in [2.45, 2.75) is 31.2 Å². The van der Waals surface area contributed by atoms with E-state index in [-0.39, 0.29) is 29.1 Å². The molecular weight excluding hydrogens is 322 g/mol. The highest BCUT2D eigenvalue weighted by molar-refractivity contribution is 7.89. The van der Waals surface area contributed by atoms with Gasteiger partial charge in [0.05, 0.1) is 18.1 Å². The van der Waals surface area contributed by atoms with Crippen molar-refractivity contribution in [1.29, 1.82) is 0 Å². The van der Waals surface area contributed by atoms with Gasteiger partial charge in [0.15, 0.2) is 4.90 Å². The highest BCUT2D eigenvalue weighted by Crippen LogP contribution is 2.30. The summed E-state index contributed by atoms with van der Waals surface area (Å²) in [5, 5.41) is 11.2. The third-order valence-electron chi connectivity index (χ3n) is 3.68. The number of hydrogen-bond donors (Lipinski definition) is 1. The summed E-state index contributed by atoms with van der Waals surface area (Å²) in [5.74, 6) is 0.446. The Morgan fingerprint density at radius 1 is 1.39 bits per heavy atom. The highest BCUT2D eigenvalue weighted by Gasteiger charge is 2.30. The zero-order valence-corrected chi connectivity index (χ0v) is 14.5. The van der Waals surface area contributed by atoms with Crippen molar-refractivity contribution in [2.75, 3.05) is 20.7 Å². The third-order valence-corrected chi connectivity index (χ3v) is 5.59. The largest absolute Gasteiger partial charge is 0.497 e. The summed E-state index contributed by atoms with van der Waals surface area (Å²) in [6, 6.07) is 3.53. The van der Waals surface area contributed by atoms with Crippen LogP contribution in [0.2, 0.25) is 0 Å². The quantitative estimate of drug-likeness (QED) is 0.565. The van der Waals surface area contributed by atoms with Gasteiger partial charge in [-0.2, -0.15) is 0 Å². The molecule has 1 atom stereocenters. The SMILES string of the molecule is COc1ccc(S(=O)(=O)N(C)CCC(N)C(C)C)c([N+](=O)[O-])c1. The van der Waals surface area contributed by atoms with Gasteiger partial charge in [0, 0.05) is 19.6 Å². The second kappa shape index (κ2) is 7.71. The number of hydrogen-bond acceptors (Lipinski definition) is 6. The number of benzene rings is 1. The number of ether oxygens (including phenoxy) is 1. The Bertz CT molecular complexity index is 660. The van der Waals surface area contributed by atoms with Crippen LogP contribution in [0.1, 0.15) is 20.3 Å². The minimum atomic E-state index is -3.98. The fourth-order valence-corrected chi connectivity index (χ4v) is 3.26. The molecule has 130 valence electrons. The van der Waals surface area contributed by atoms with Crippen LogP contribution in [0, 0.1) is 16.0 Å². The van der Waals surface area contributed by atoms with E-state index in [0.29, 0.717) is 6.42 Å².